The van der Waals surface area contributed by atoms with Crippen molar-refractivity contribution in [3.05, 3.63) is 12.1 Å². The van der Waals surface area contributed by atoms with E-state index < -0.39 is 7.12 Å². The molecule has 0 unspecified atom stereocenters. The van der Waals surface area contributed by atoms with Gasteiger partial charge >= 0.3 is 13.1 Å². The molecule has 0 saturated heterocycles. The minimum absolute atomic E-state index is 0.372. The topological polar surface area (TPSA) is 44.8 Å². The summed E-state index contributed by atoms with van der Waals surface area (Å²) in [6.45, 7) is 6.94. The highest BCUT2D eigenvalue weighted by molar-refractivity contribution is 6.51. The Morgan fingerprint density at radius 2 is 1.71 bits per heavy atom. The van der Waals surface area contributed by atoms with Crippen LogP contribution in [0.5, 0.6) is 0 Å². The molecule has 0 aliphatic heterocycles. The van der Waals surface area contributed by atoms with E-state index in [-0.39, 0.29) is 5.97 Å². The van der Waals surface area contributed by atoms with Crippen molar-refractivity contribution in [1.29, 1.82) is 0 Å². The number of hydrogen-bond donors (Lipinski definition) is 0. The van der Waals surface area contributed by atoms with Crippen LogP contribution in [0.4, 0.5) is 0 Å². The highest BCUT2D eigenvalue weighted by Crippen LogP contribution is 1.93. The fraction of sp³-hybridized carbons (Fsp3) is 0.667. The lowest BCUT2D eigenvalue weighted by Crippen LogP contribution is -2.21. The summed E-state index contributed by atoms with van der Waals surface area (Å²) in [6, 6.07) is 0. The number of carbonyl (C=O) groups is 1. The van der Waals surface area contributed by atoms with Gasteiger partial charge in [0.25, 0.3) is 0 Å². The standard InChI is InChI=1S/C9H17BO4/c1-4-12-9(11)7-8-10(13-5-2)14-6-3/h7-8H,4-6H2,1-3H3. The van der Waals surface area contributed by atoms with Crippen LogP contribution < -0.4 is 0 Å². The van der Waals surface area contributed by atoms with Crippen molar-refractivity contribution in [2.75, 3.05) is 19.8 Å². The van der Waals surface area contributed by atoms with Crippen LogP contribution in [0.25, 0.3) is 0 Å². The number of rotatable bonds is 7. The molecule has 0 radical (unpaired) electrons. The maximum atomic E-state index is 10.9. The van der Waals surface area contributed by atoms with Gasteiger partial charge in [-0.25, -0.2) is 4.79 Å². The molecular weight excluding hydrogens is 183 g/mol. The van der Waals surface area contributed by atoms with Crippen LogP contribution in [0.3, 0.4) is 0 Å². The molecule has 0 fully saturated rings. The first kappa shape index (κ1) is 13.2. The Morgan fingerprint density at radius 3 is 2.14 bits per heavy atom. The van der Waals surface area contributed by atoms with Gasteiger partial charge in [0, 0.05) is 19.3 Å². The third-order valence-electron chi connectivity index (χ3n) is 1.34. The molecule has 0 heterocycles. The molecule has 0 atom stereocenters. The summed E-state index contributed by atoms with van der Waals surface area (Å²) in [5.41, 5.74) is 0. The van der Waals surface area contributed by atoms with Gasteiger partial charge in [-0.1, -0.05) is 0 Å². The minimum Gasteiger partial charge on any atom is -0.463 e. The summed E-state index contributed by atoms with van der Waals surface area (Å²) in [7, 11) is -0.464. The zero-order valence-electron chi connectivity index (χ0n) is 8.99. The summed E-state index contributed by atoms with van der Waals surface area (Å²) in [5.74, 6) is 1.17. The van der Waals surface area contributed by atoms with Gasteiger partial charge in [-0.15, -0.1) is 0 Å². The molecule has 0 saturated carbocycles. The molecule has 0 aromatic carbocycles. The van der Waals surface area contributed by atoms with Gasteiger partial charge in [0.1, 0.15) is 0 Å². The predicted molar refractivity (Wildman–Crippen MR) is 54.8 cm³/mol. The molecule has 0 rings (SSSR count). The summed E-state index contributed by atoms with van der Waals surface area (Å²) < 4.78 is 15.1. The molecule has 4 nitrogen and oxygen atoms in total. The van der Waals surface area contributed by atoms with Gasteiger partial charge in [0.05, 0.1) is 6.61 Å². The summed E-state index contributed by atoms with van der Waals surface area (Å²) in [4.78, 5) is 10.9. The third kappa shape index (κ3) is 6.68. The molecule has 5 heteroatoms. The van der Waals surface area contributed by atoms with Gasteiger partial charge in [0.15, 0.2) is 0 Å². The first-order chi connectivity index (χ1) is 6.74. The monoisotopic (exact) mass is 200 g/mol. The molecule has 0 N–H and O–H groups in total. The quantitative estimate of drug-likeness (QED) is 0.352. The highest BCUT2D eigenvalue weighted by Gasteiger charge is 2.12. The van der Waals surface area contributed by atoms with E-state index in [0.717, 1.165) is 0 Å². The van der Waals surface area contributed by atoms with Crippen molar-refractivity contribution >= 4 is 13.1 Å². The Hall–Kier alpha value is -0.805. The summed E-state index contributed by atoms with van der Waals surface area (Å²) in [5, 5.41) is 0. The van der Waals surface area contributed by atoms with Crippen LogP contribution in [0.15, 0.2) is 12.1 Å². The first-order valence-corrected chi connectivity index (χ1v) is 4.82. The molecule has 0 aromatic rings. The Kier molecular flexibility index (Phi) is 8.27. The minimum atomic E-state index is -0.464. The van der Waals surface area contributed by atoms with E-state index >= 15 is 0 Å². The normalized spacial score (nSPS) is 10.5. The van der Waals surface area contributed by atoms with Crippen LogP contribution >= 0.6 is 0 Å². The second-order valence-corrected chi connectivity index (χ2v) is 2.39. The van der Waals surface area contributed by atoms with Gasteiger partial charge in [-0.3, -0.25) is 0 Å². The van der Waals surface area contributed by atoms with Crippen molar-refractivity contribution in [2.24, 2.45) is 0 Å². The average Bonchev–Trinajstić information content (AvgIpc) is 2.15. The van der Waals surface area contributed by atoms with Crippen LogP contribution in [-0.2, 0) is 18.8 Å². The van der Waals surface area contributed by atoms with E-state index in [0.29, 0.717) is 19.8 Å². The smallest absolute Gasteiger partial charge is 0.463 e. The second kappa shape index (κ2) is 8.78. The van der Waals surface area contributed by atoms with E-state index in [4.69, 9.17) is 14.0 Å². The number of esters is 1. The van der Waals surface area contributed by atoms with Crippen molar-refractivity contribution < 1.29 is 18.8 Å². The van der Waals surface area contributed by atoms with Crippen LogP contribution in [0.2, 0.25) is 0 Å². The highest BCUT2D eigenvalue weighted by atomic mass is 16.6. The third-order valence-corrected chi connectivity index (χ3v) is 1.34. The largest absolute Gasteiger partial charge is 0.486 e. The molecule has 0 aliphatic rings. The molecule has 0 aliphatic carbocycles. The summed E-state index contributed by atoms with van der Waals surface area (Å²) >= 11 is 0. The van der Waals surface area contributed by atoms with Gasteiger partial charge in [0.2, 0.25) is 0 Å². The van der Waals surface area contributed by atoms with Crippen LogP contribution in [0, 0.1) is 0 Å². The molecule has 0 spiro atoms. The lowest BCUT2D eigenvalue weighted by atomic mass is 9.89. The van der Waals surface area contributed by atoms with Gasteiger partial charge < -0.3 is 14.0 Å². The fourth-order valence-corrected chi connectivity index (χ4v) is 0.835. The second-order valence-electron chi connectivity index (χ2n) is 2.39. The predicted octanol–water partition coefficient (Wildman–Crippen LogP) is 1.21. The van der Waals surface area contributed by atoms with Crippen molar-refractivity contribution in [1.82, 2.24) is 0 Å². The Balaban J connectivity index is 3.93. The first-order valence-electron chi connectivity index (χ1n) is 4.82. The van der Waals surface area contributed by atoms with Crippen molar-refractivity contribution in [3.63, 3.8) is 0 Å². The van der Waals surface area contributed by atoms with E-state index in [1.807, 2.05) is 13.8 Å². The number of ether oxygens (including phenoxy) is 1. The van der Waals surface area contributed by atoms with E-state index in [9.17, 15) is 4.79 Å². The maximum Gasteiger partial charge on any atom is 0.486 e. The number of carbonyl (C=O) groups excluding carboxylic acids is 1. The lowest BCUT2D eigenvalue weighted by Gasteiger charge is -2.07. The van der Waals surface area contributed by atoms with E-state index in [2.05, 4.69) is 0 Å². The lowest BCUT2D eigenvalue weighted by molar-refractivity contribution is -0.137. The molecule has 0 amide bonds. The maximum absolute atomic E-state index is 10.9. The number of hydrogen-bond acceptors (Lipinski definition) is 4. The Bertz CT molecular complexity index is 176. The van der Waals surface area contributed by atoms with Crippen LogP contribution in [-0.4, -0.2) is 32.9 Å². The van der Waals surface area contributed by atoms with Crippen LogP contribution in [0.1, 0.15) is 20.8 Å². The average molecular weight is 200 g/mol. The fourth-order valence-electron chi connectivity index (χ4n) is 0.835. The molecular formula is C9H17BO4. The molecule has 0 bridgehead atoms. The molecule has 80 valence electrons. The van der Waals surface area contributed by atoms with E-state index in [1.54, 1.807) is 12.9 Å². The zero-order valence-corrected chi connectivity index (χ0v) is 8.99. The van der Waals surface area contributed by atoms with Crippen molar-refractivity contribution in [3.8, 4) is 0 Å². The Labute approximate surface area is 85.4 Å². The SMILES string of the molecule is CCOB(C=CC(=O)OCC)OCC. The molecule has 14 heavy (non-hydrogen) atoms. The van der Waals surface area contributed by atoms with Gasteiger partial charge in [-0.2, -0.15) is 0 Å². The summed E-state index contributed by atoms with van der Waals surface area (Å²) in [6.07, 6.45) is 1.32. The van der Waals surface area contributed by atoms with Crippen molar-refractivity contribution in [2.45, 2.75) is 20.8 Å². The van der Waals surface area contributed by atoms with Gasteiger partial charge in [-0.05, 0) is 26.7 Å². The van der Waals surface area contributed by atoms with E-state index in [1.165, 1.54) is 6.08 Å². The zero-order chi connectivity index (χ0) is 10.8. The Morgan fingerprint density at radius 1 is 1.14 bits per heavy atom. The molecule has 0 aromatic heterocycles.